The number of hydrogen-bond donors (Lipinski definition) is 0. The molecular formula is C19H26N2O. The van der Waals surface area contributed by atoms with E-state index in [0.29, 0.717) is 6.04 Å². The van der Waals surface area contributed by atoms with E-state index in [1.54, 1.807) is 7.11 Å². The smallest absolute Gasteiger partial charge is 0.120 e. The van der Waals surface area contributed by atoms with E-state index in [2.05, 4.69) is 73.4 Å². The summed E-state index contributed by atoms with van der Waals surface area (Å²) in [6, 6.07) is 19.3. The molecule has 118 valence electrons. The summed E-state index contributed by atoms with van der Waals surface area (Å²) in [7, 11) is 8.10. The zero-order chi connectivity index (χ0) is 15.9. The minimum atomic E-state index is 0.343. The lowest BCUT2D eigenvalue weighted by Crippen LogP contribution is -2.27. The Balaban J connectivity index is 2.26. The standard InChI is InChI=1S/C19H26N2O/c1-20(2)14-13-19(16-9-6-5-7-10-16)21(3)17-11-8-12-18(15-17)22-4/h5-12,15,19H,13-14H2,1-4H3. The summed E-state index contributed by atoms with van der Waals surface area (Å²) < 4.78 is 5.35. The van der Waals surface area contributed by atoms with E-state index in [-0.39, 0.29) is 0 Å². The number of hydrogen-bond acceptors (Lipinski definition) is 3. The maximum atomic E-state index is 5.35. The fourth-order valence-corrected chi connectivity index (χ4v) is 2.65. The van der Waals surface area contributed by atoms with E-state index in [9.17, 15) is 0 Å². The molecule has 0 radical (unpaired) electrons. The molecule has 0 fully saturated rings. The predicted molar refractivity (Wildman–Crippen MR) is 93.8 cm³/mol. The number of methoxy groups -OCH3 is 1. The molecule has 2 aromatic carbocycles. The number of nitrogens with zero attached hydrogens (tertiary/aromatic N) is 2. The first-order valence-corrected chi connectivity index (χ1v) is 7.68. The lowest BCUT2D eigenvalue weighted by molar-refractivity contribution is 0.379. The van der Waals surface area contributed by atoms with Gasteiger partial charge >= 0.3 is 0 Å². The van der Waals surface area contributed by atoms with Gasteiger partial charge in [-0.15, -0.1) is 0 Å². The maximum Gasteiger partial charge on any atom is 0.120 e. The minimum Gasteiger partial charge on any atom is -0.497 e. The highest BCUT2D eigenvalue weighted by Crippen LogP contribution is 2.30. The lowest BCUT2D eigenvalue weighted by atomic mass is 10.0. The SMILES string of the molecule is COc1cccc(N(C)C(CCN(C)C)c2ccccc2)c1. The van der Waals surface area contributed by atoms with Crippen LogP contribution in [0.3, 0.4) is 0 Å². The molecule has 0 aliphatic carbocycles. The Hall–Kier alpha value is -2.00. The third-order valence-electron chi connectivity index (χ3n) is 3.96. The van der Waals surface area contributed by atoms with Crippen LogP contribution in [-0.2, 0) is 0 Å². The topological polar surface area (TPSA) is 15.7 Å². The third-order valence-corrected chi connectivity index (χ3v) is 3.96. The molecule has 0 saturated heterocycles. The van der Waals surface area contributed by atoms with Crippen LogP contribution in [-0.4, -0.2) is 39.7 Å². The van der Waals surface area contributed by atoms with Crippen LogP contribution in [0.15, 0.2) is 54.6 Å². The van der Waals surface area contributed by atoms with Gasteiger partial charge in [0.05, 0.1) is 13.2 Å². The van der Waals surface area contributed by atoms with Gasteiger partial charge in [0.2, 0.25) is 0 Å². The van der Waals surface area contributed by atoms with Crippen LogP contribution in [0.4, 0.5) is 5.69 Å². The molecule has 0 spiro atoms. The van der Waals surface area contributed by atoms with Crippen LogP contribution in [0.1, 0.15) is 18.0 Å². The first kappa shape index (κ1) is 16.4. The molecular weight excluding hydrogens is 272 g/mol. The quantitative estimate of drug-likeness (QED) is 0.773. The van der Waals surface area contributed by atoms with Crippen molar-refractivity contribution in [2.45, 2.75) is 12.5 Å². The van der Waals surface area contributed by atoms with Crippen molar-refractivity contribution in [2.75, 3.05) is 39.7 Å². The fraction of sp³-hybridized carbons (Fsp3) is 0.368. The van der Waals surface area contributed by atoms with Gasteiger partial charge in [-0.3, -0.25) is 0 Å². The van der Waals surface area contributed by atoms with Crippen LogP contribution < -0.4 is 9.64 Å². The molecule has 1 atom stereocenters. The van der Waals surface area contributed by atoms with Crippen molar-refractivity contribution in [2.24, 2.45) is 0 Å². The molecule has 2 aromatic rings. The molecule has 0 aliphatic heterocycles. The van der Waals surface area contributed by atoms with Crippen LogP contribution in [0, 0.1) is 0 Å². The monoisotopic (exact) mass is 298 g/mol. The van der Waals surface area contributed by atoms with Crippen molar-refractivity contribution in [3.05, 3.63) is 60.2 Å². The molecule has 22 heavy (non-hydrogen) atoms. The van der Waals surface area contributed by atoms with Crippen LogP contribution in [0.2, 0.25) is 0 Å². The van der Waals surface area contributed by atoms with Crippen LogP contribution in [0.25, 0.3) is 0 Å². The summed E-state index contributed by atoms with van der Waals surface area (Å²) in [6.45, 7) is 1.05. The van der Waals surface area contributed by atoms with Gasteiger partial charge in [0.15, 0.2) is 0 Å². The zero-order valence-electron chi connectivity index (χ0n) is 14.0. The molecule has 0 N–H and O–H groups in total. The molecule has 2 rings (SSSR count). The van der Waals surface area contributed by atoms with Crippen molar-refractivity contribution in [1.82, 2.24) is 4.90 Å². The van der Waals surface area contributed by atoms with E-state index in [4.69, 9.17) is 4.74 Å². The number of ether oxygens (including phenoxy) is 1. The van der Waals surface area contributed by atoms with E-state index in [0.717, 1.165) is 18.7 Å². The molecule has 0 bridgehead atoms. The van der Waals surface area contributed by atoms with E-state index in [1.807, 2.05) is 12.1 Å². The van der Waals surface area contributed by atoms with Crippen molar-refractivity contribution < 1.29 is 4.74 Å². The molecule has 0 saturated carbocycles. The van der Waals surface area contributed by atoms with Crippen LogP contribution >= 0.6 is 0 Å². The molecule has 0 aliphatic rings. The zero-order valence-corrected chi connectivity index (χ0v) is 14.0. The fourth-order valence-electron chi connectivity index (χ4n) is 2.65. The summed E-state index contributed by atoms with van der Waals surface area (Å²) in [5.41, 5.74) is 2.52. The highest BCUT2D eigenvalue weighted by molar-refractivity contribution is 5.52. The summed E-state index contributed by atoms with van der Waals surface area (Å²) >= 11 is 0. The van der Waals surface area contributed by atoms with Crippen molar-refractivity contribution >= 4 is 5.69 Å². The average molecular weight is 298 g/mol. The van der Waals surface area contributed by atoms with Crippen LogP contribution in [0.5, 0.6) is 5.75 Å². The maximum absolute atomic E-state index is 5.35. The van der Waals surface area contributed by atoms with Gasteiger partial charge in [0.1, 0.15) is 5.75 Å². The highest BCUT2D eigenvalue weighted by atomic mass is 16.5. The number of benzene rings is 2. The summed E-state index contributed by atoms with van der Waals surface area (Å²) in [6.07, 6.45) is 1.07. The minimum absolute atomic E-state index is 0.343. The second kappa shape index (κ2) is 7.85. The van der Waals surface area contributed by atoms with Gasteiger partial charge in [0.25, 0.3) is 0 Å². The largest absolute Gasteiger partial charge is 0.497 e. The Labute approximate surface area is 134 Å². The molecule has 0 heterocycles. The van der Waals surface area contributed by atoms with E-state index < -0.39 is 0 Å². The van der Waals surface area contributed by atoms with Crippen molar-refractivity contribution in [3.8, 4) is 5.75 Å². The van der Waals surface area contributed by atoms with Gasteiger partial charge in [-0.25, -0.2) is 0 Å². The van der Waals surface area contributed by atoms with Gasteiger partial charge in [-0.1, -0.05) is 36.4 Å². The number of rotatable bonds is 7. The second-order valence-electron chi connectivity index (χ2n) is 5.83. The van der Waals surface area contributed by atoms with Crippen molar-refractivity contribution in [1.29, 1.82) is 0 Å². The van der Waals surface area contributed by atoms with E-state index in [1.165, 1.54) is 11.3 Å². The predicted octanol–water partition coefficient (Wildman–Crippen LogP) is 3.82. The second-order valence-corrected chi connectivity index (χ2v) is 5.83. The van der Waals surface area contributed by atoms with Crippen molar-refractivity contribution in [3.63, 3.8) is 0 Å². The first-order chi connectivity index (χ1) is 10.6. The Bertz CT molecular complexity index is 569. The normalized spacial score (nSPS) is 12.2. The van der Waals surface area contributed by atoms with Gasteiger partial charge in [-0.05, 0) is 44.8 Å². The average Bonchev–Trinajstić information content (AvgIpc) is 2.55. The number of anilines is 1. The first-order valence-electron chi connectivity index (χ1n) is 7.68. The summed E-state index contributed by atoms with van der Waals surface area (Å²) in [4.78, 5) is 4.57. The van der Waals surface area contributed by atoms with Gasteiger partial charge < -0.3 is 14.5 Å². The Morgan fingerprint density at radius 3 is 2.32 bits per heavy atom. The summed E-state index contributed by atoms with van der Waals surface area (Å²) in [5, 5.41) is 0. The Kier molecular flexibility index (Phi) is 5.84. The van der Waals surface area contributed by atoms with Gasteiger partial charge in [0, 0.05) is 18.8 Å². The highest BCUT2D eigenvalue weighted by Gasteiger charge is 2.18. The molecule has 1 unspecified atom stereocenters. The van der Waals surface area contributed by atoms with Gasteiger partial charge in [-0.2, -0.15) is 0 Å². The Morgan fingerprint density at radius 2 is 1.68 bits per heavy atom. The molecule has 0 aromatic heterocycles. The molecule has 0 amide bonds. The third kappa shape index (κ3) is 4.25. The lowest BCUT2D eigenvalue weighted by Gasteiger charge is -2.31. The summed E-state index contributed by atoms with van der Waals surface area (Å²) in [5.74, 6) is 0.892. The van der Waals surface area contributed by atoms with E-state index >= 15 is 0 Å². The Morgan fingerprint density at radius 1 is 0.955 bits per heavy atom. The molecule has 3 nitrogen and oxygen atoms in total. The molecule has 3 heteroatoms.